The molecule has 0 aliphatic carbocycles. The number of amides is 5. The molecule has 20 heteroatoms. The lowest BCUT2D eigenvalue weighted by Gasteiger charge is -2.22. The van der Waals surface area contributed by atoms with Crippen LogP contribution in [0, 0.1) is 6.92 Å². The van der Waals surface area contributed by atoms with E-state index in [0.717, 1.165) is 34.5 Å². The predicted octanol–water partition coefficient (Wildman–Crippen LogP) is 4.68. The number of ether oxygens (including phenoxy) is 5. The smallest absolute Gasteiger partial charge is 0.307 e. The topological polar surface area (TPSA) is 245 Å². The molecule has 0 aromatic heterocycles. The van der Waals surface area contributed by atoms with Crippen molar-refractivity contribution in [2.24, 2.45) is 9.98 Å². The minimum atomic E-state index is -0.542. The van der Waals surface area contributed by atoms with E-state index in [1.807, 2.05) is 67.6 Å². The van der Waals surface area contributed by atoms with Gasteiger partial charge in [-0.1, -0.05) is 36.4 Å². The Balaban J connectivity index is 0.000000608. The van der Waals surface area contributed by atoms with Gasteiger partial charge in [0.25, 0.3) is 11.8 Å². The number of nitrogens with zero attached hydrogens (tertiary/aromatic N) is 4. The van der Waals surface area contributed by atoms with Crippen molar-refractivity contribution in [3.8, 4) is 23.0 Å². The zero-order chi connectivity index (χ0) is 53.4. The summed E-state index contributed by atoms with van der Waals surface area (Å²) in [6.45, 7) is 1.93. The Morgan fingerprint density at radius 1 is 0.760 bits per heavy atom. The molecule has 20 nitrogen and oxygen atoms in total. The summed E-state index contributed by atoms with van der Waals surface area (Å²) in [4.78, 5) is 96.6. The van der Waals surface area contributed by atoms with Crippen LogP contribution in [0.1, 0.15) is 55.0 Å². The third-order valence-corrected chi connectivity index (χ3v) is 12.3. The molecule has 3 aliphatic rings. The Bertz CT molecular complexity index is 3010. The van der Waals surface area contributed by atoms with E-state index in [9.17, 15) is 33.6 Å². The number of likely N-dealkylation sites (N-methyl/N-ethyl adjacent to an activating group) is 1. The molecule has 0 radical (unpaired) electrons. The highest BCUT2D eigenvalue weighted by Crippen LogP contribution is 2.42. The van der Waals surface area contributed by atoms with Crippen LogP contribution in [0.15, 0.2) is 101 Å². The summed E-state index contributed by atoms with van der Waals surface area (Å²) in [5, 5.41) is 10.2. The summed E-state index contributed by atoms with van der Waals surface area (Å²) in [6.07, 6.45) is 6.41. The van der Waals surface area contributed by atoms with Gasteiger partial charge in [0.05, 0.1) is 76.4 Å². The van der Waals surface area contributed by atoms with Crippen molar-refractivity contribution >= 4 is 77.5 Å². The molecule has 1 unspecified atom stereocenters. The van der Waals surface area contributed by atoms with Crippen molar-refractivity contribution in [2.75, 3.05) is 64.4 Å². The Hall–Kier alpha value is -8.91. The fraction of sp³-hybridized carbons (Fsp3) is 0.291. The van der Waals surface area contributed by atoms with Crippen LogP contribution in [-0.2, 0) is 54.8 Å². The number of nitrogens with one attached hydrogen (secondary N) is 4. The van der Waals surface area contributed by atoms with E-state index in [0.29, 0.717) is 76.7 Å². The van der Waals surface area contributed by atoms with E-state index in [-0.39, 0.29) is 74.7 Å². The number of aliphatic imine (C=N–C) groups is 2. The monoisotopic (exact) mass is 1020 g/mol. The molecule has 5 amide bonds. The largest absolute Gasteiger partial charge is 0.493 e. The molecule has 0 spiro atoms. The molecule has 75 heavy (non-hydrogen) atoms. The zero-order valence-corrected chi connectivity index (χ0v) is 42.2. The summed E-state index contributed by atoms with van der Waals surface area (Å²) in [5.74, 6) is -0.192. The number of para-hydroxylation sites is 2. The molecule has 0 saturated carbocycles. The van der Waals surface area contributed by atoms with Crippen molar-refractivity contribution in [3.05, 3.63) is 130 Å². The number of carbonyl (C=O) groups excluding carboxylic acids is 7. The SMILES string of the molecule is CNCC(=O)NCCC(=O)OC.COc1cc(C)c(N=C[C@@H]2Cc3ccccc3N2C=O)cc1OCc1cc(COc2cc3c(cc2OC)C(=O)N2c4ccccc4CC2C=N3)cc(C(=O)NCC(=O)NCC=O)c1. The van der Waals surface area contributed by atoms with Crippen LogP contribution < -0.4 is 50.0 Å². The van der Waals surface area contributed by atoms with Crippen LogP contribution in [-0.4, -0.2) is 121 Å². The standard InChI is InChI=1S/C48H44N6O9.C7H14N2O3/c1-29-14-42(60-2)44(21-38(29)50-23-35-18-32-8-4-6-10-40(32)53(35)28-56)62-26-30-15-31(17-34(16-30)47(58)52-25-46(57)49-12-13-55)27-63-45-22-39-37(20-43(45)61-3)48(59)54-36(24-51-39)19-33-9-5-7-11-41(33)54;1-8-5-6(10)9-4-3-7(11)12-2/h4-11,13-17,20-24,28,35-36H,12,18-19,25-27H2,1-3H3,(H,49,57)(H,52,58);8H,3-5H2,1-2H3,(H,9,10)/t35-,36?;/m0./s1. The molecule has 4 N–H and O–H groups in total. The summed E-state index contributed by atoms with van der Waals surface area (Å²) in [6, 6.07) is 27.0. The van der Waals surface area contributed by atoms with Gasteiger partial charge in [0, 0.05) is 60.9 Å². The van der Waals surface area contributed by atoms with Crippen LogP contribution in [0.3, 0.4) is 0 Å². The Morgan fingerprint density at radius 3 is 2.08 bits per heavy atom. The number of fused-ring (bicyclic) bond motifs is 5. The van der Waals surface area contributed by atoms with Gasteiger partial charge in [-0.3, -0.25) is 43.7 Å². The van der Waals surface area contributed by atoms with Gasteiger partial charge in [-0.15, -0.1) is 0 Å². The van der Waals surface area contributed by atoms with Crippen molar-refractivity contribution in [3.63, 3.8) is 0 Å². The number of aldehydes is 1. The fourth-order valence-corrected chi connectivity index (χ4v) is 8.61. The maximum Gasteiger partial charge on any atom is 0.307 e. The third-order valence-electron chi connectivity index (χ3n) is 12.3. The number of carbonyl (C=O) groups is 7. The van der Waals surface area contributed by atoms with E-state index in [1.54, 1.807) is 59.6 Å². The number of aryl methyl sites for hydroxylation is 1. The van der Waals surface area contributed by atoms with Gasteiger partial charge in [-0.05, 0) is 84.3 Å². The van der Waals surface area contributed by atoms with Gasteiger partial charge < -0.3 is 54.6 Å². The molecule has 5 aromatic rings. The maximum absolute atomic E-state index is 13.9. The first-order chi connectivity index (χ1) is 36.4. The first kappa shape index (κ1) is 53.9. The second kappa shape index (κ2) is 25.7. The molecule has 0 saturated heterocycles. The zero-order valence-electron chi connectivity index (χ0n) is 42.2. The van der Waals surface area contributed by atoms with Gasteiger partial charge in [0.15, 0.2) is 23.0 Å². The minimum Gasteiger partial charge on any atom is -0.493 e. The maximum atomic E-state index is 13.9. The first-order valence-electron chi connectivity index (χ1n) is 24.0. The van der Waals surface area contributed by atoms with Gasteiger partial charge in [-0.25, -0.2) is 0 Å². The molecule has 3 aliphatic heterocycles. The third kappa shape index (κ3) is 13.4. The molecular weight excluding hydrogens is 965 g/mol. The highest BCUT2D eigenvalue weighted by molar-refractivity contribution is 6.14. The van der Waals surface area contributed by atoms with Crippen LogP contribution in [0.5, 0.6) is 23.0 Å². The van der Waals surface area contributed by atoms with Crippen molar-refractivity contribution in [1.29, 1.82) is 0 Å². The summed E-state index contributed by atoms with van der Waals surface area (Å²) in [5.41, 5.74) is 7.50. The summed E-state index contributed by atoms with van der Waals surface area (Å²) >= 11 is 0. The normalized spacial score (nSPS) is 14.7. The lowest BCUT2D eigenvalue weighted by atomic mass is 10.1. The van der Waals surface area contributed by atoms with Crippen molar-refractivity contribution in [1.82, 2.24) is 21.3 Å². The predicted molar refractivity (Wildman–Crippen MR) is 280 cm³/mol. The second-order valence-electron chi connectivity index (χ2n) is 17.3. The van der Waals surface area contributed by atoms with Gasteiger partial charge in [-0.2, -0.15) is 0 Å². The average molecular weight is 1020 g/mol. The Morgan fingerprint density at radius 2 is 1.41 bits per heavy atom. The van der Waals surface area contributed by atoms with E-state index >= 15 is 0 Å². The summed E-state index contributed by atoms with van der Waals surface area (Å²) < 4.78 is 28.4. The second-order valence-corrected chi connectivity index (χ2v) is 17.3. The van der Waals surface area contributed by atoms with E-state index in [1.165, 1.54) is 21.3 Å². The van der Waals surface area contributed by atoms with Crippen LogP contribution in [0.2, 0.25) is 0 Å². The molecular formula is C55H58N8O12. The lowest BCUT2D eigenvalue weighted by Crippen LogP contribution is -2.37. The molecule has 390 valence electrons. The molecule has 0 bridgehead atoms. The molecule has 8 rings (SSSR count). The number of anilines is 2. The van der Waals surface area contributed by atoms with Crippen molar-refractivity contribution in [2.45, 2.75) is 51.5 Å². The van der Waals surface area contributed by atoms with E-state index in [2.05, 4.69) is 26.0 Å². The highest BCUT2D eigenvalue weighted by atomic mass is 16.5. The van der Waals surface area contributed by atoms with Gasteiger partial charge >= 0.3 is 5.97 Å². The number of methoxy groups -OCH3 is 3. The van der Waals surface area contributed by atoms with Crippen LogP contribution in [0.25, 0.3) is 0 Å². The minimum absolute atomic E-state index is 0.00679. The number of benzene rings is 5. The van der Waals surface area contributed by atoms with E-state index in [4.69, 9.17) is 28.9 Å². The molecule has 0 fully saturated rings. The first-order valence-corrected chi connectivity index (χ1v) is 24.0. The Labute approximate surface area is 433 Å². The molecule has 3 heterocycles. The van der Waals surface area contributed by atoms with Gasteiger partial charge in [0.2, 0.25) is 18.2 Å². The molecule has 2 atom stereocenters. The number of hydrogen-bond donors (Lipinski definition) is 4. The summed E-state index contributed by atoms with van der Waals surface area (Å²) in [7, 11) is 6.02. The highest BCUT2D eigenvalue weighted by Gasteiger charge is 2.36. The molecule has 5 aromatic carbocycles. The number of hydrogen-bond acceptors (Lipinski definition) is 15. The van der Waals surface area contributed by atoms with Gasteiger partial charge in [0.1, 0.15) is 19.5 Å². The lowest BCUT2D eigenvalue weighted by molar-refractivity contribution is -0.140. The van der Waals surface area contributed by atoms with Crippen LogP contribution in [0.4, 0.5) is 22.7 Å². The van der Waals surface area contributed by atoms with Crippen LogP contribution >= 0.6 is 0 Å². The fourth-order valence-electron chi connectivity index (χ4n) is 8.61. The van der Waals surface area contributed by atoms with E-state index < -0.39 is 11.8 Å². The Kier molecular flexibility index (Phi) is 18.4. The number of esters is 1. The number of rotatable bonds is 21. The average Bonchev–Trinajstić information content (AvgIpc) is 3.96. The quantitative estimate of drug-likeness (QED) is 0.0444. The van der Waals surface area contributed by atoms with Crippen molar-refractivity contribution < 1.29 is 57.2 Å².